The fraction of sp³-hybridized carbons (Fsp3) is 0.500. The Kier molecular flexibility index (Phi) is 4.46. The van der Waals surface area contributed by atoms with Crippen LogP contribution in [0.2, 0.25) is 0 Å². The van der Waals surface area contributed by atoms with E-state index < -0.39 is 5.97 Å². The minimum atomic E-state index is -0.994. The second kappa shape index (κ2) is 6.11. The molecule has 1 aromatic rings. The Bertz CT molecular complexity index is 497. The van der Waals surface area contributed by atoms with E-state index in [0.29, 0.717) is 12.2 Å². The van der Waals surface area contributed by atoms with Crippen LogP contribution in [-0.4, -0.2) is 60.4 Å². The van der Waals surface area contributed by atoms with Crippen LogP contribution in [0.15, 0.2) is 12.1 Å². The monoisotopic (exact) mass is 279 g/mol. The third-order valence-corrected chi connectivity index (χ3v) is 3.76. The van der Waals surface area contributed by atoms with E-state index in [-0.39, 0.29) is 12.2 Å². The number of piperazine rings is 1. The number of aryl methyl sites for hydroxylation is 1. The highest BCUT2D eigenvalue weighted by molar-refractivity contribution is 5.95. The molecule has 0 radical (unpaired) electrons. The van der Waals surface area contributed by atoms with Gasteiger partial charge in [-0.3, -0.25) is 4.90 Å². The molecule has 20 heavy (non-hydrogen) atoms. The highest BCUT2D eigenvalue weighted by Gasteiger charge is 2.19. The lowest BCUT2D eigenvalue weighted by Gasteiger charge is -2.36. The fourth-order valence-corrected chi connectivity index (χ4v) is 2.51. The average molecular weight is 279 g/mol. The standard InChI is InChI=1S/C14H21N3O3/c1-10-8-11(9-12(13(10)15)14(19)20)17-4-2-16(3-5-17)6-7-18/h8-9,18H,2-7,15H2,1H3,(H,19,20). The van der Waals surface area contributed by atoms with E-state index in [0.717, 1.165) is 37.4 Å². The summed E-state index contributed by atoms with van der Waals surface area (Å²) in [6.45, 7) is 6.07. The summed E-state index contributed by atoms with van der Waals surface area (Å²) in [5.41, 5.74) is 8.00. The molecule has 1 aromatic carbocycles. The van der Waals surface area contributed by atoms with E-state index in [1.54, 1.807) is 6.07 Å². The average Bonchev–Trinajstić information content (AvgIpc) is 2.42. The summed E-state index contributed by atoms with van der Waals surface area (Å²) < 4.78 is 0. The van der Waals surface area contributed by atoms with Crippen LogP contribution in [0.4, 0.5) is 11.4 Å². The SMILES string of the molecule is Cc1cc(N2CCN(CCO)CC2)cc(C(=O)O)c1N. The molecular weight excluding hydrogens is 258 g/mol. The predicted molar refractivity (Wildman–Crippen MR) is 78.3 cm³/mol. The van der Waals surface area contributed by atoms with Crippen molar-refractivity contribution < 1.29 is 15.0 Å². The van der Waals surface area contributed by atoms with Crippen LogP contribution < -0.4 is 10.6 Å². The number of aromatic carboxylic acids is 1. The van der Waals surface area contributed by atoms with Gasteiger partial charge in [-0.15, -0.1) is 0 Å². The van der Waals surface area contributed by atoms with Crippen LogP contribution in [0.5, 0.6) is 0 Å². The van der Waals surface area contributed by atoms with E-state index in [2.05, 4.69) is 9.80 Å². The van der Waals surface area contributed by atoms with Crippen molar-refractivity contribution in [3.05, 3.63) is 23.3 Å². The molecule has 0 spiro atoms. The number of β-amino-alcohol motifs (C(OH)–C–C–N with tert-alkyl or cyclic N) is 1. The number of nitrogen functional groups attached to an aromatic ring is 1. The summed E-state index contributed by atoms with van der Waals surface area (Å²) in [5.74, 6) is -0.994. The molecule has 6 nitrogen and oxygen atoms in total. The van der Waals surface area contributed by atoms with Gasteiger partial charge < -0.3 is 20.8 Å². The number of benzene rings is 1. The summed E-state index contributed by atoms with van der Waals surface area (Å²) >= 11 is 0. The molecule has 1 fully saturated rings. The van der Waals surface area contributed by atoms with Gasteiger partial charge in [0, 0.05) is 44.1 Å². The summed E-state index contributed by atoms with van der Waals surface area (Å²) in [7, 11) is 0. The maximum Gasteiger partial charge on any atom is 0.337 e. The van der Waals surface area contributed by atoms with Gasteiger partial charge in [-0.2, -0.15) is 0 Å². The third kappa shape index (κ3) is 3.02. The summed E-state index contributed by atoms with van der Waals surface area (Å²) in [4.78, 5) is 15.6. The lowest BCUT2D eigenvalue weighted by atomic mass is 10.1. The highest BCUT2D eigenvalue weighted by Crippen LogP contribution is 2.26. The van der Waals surface area contributed by atoms with Gasteiger partial charge in [0.15, 0.2) is 0 Å². The zero-order chi connectivity index (χ0) is 14.7. The Morgan fingerprint density at radius 3 is 2.50 bits per heavy atom. The largest absolute Gasteiger partial charge is 0.478 e. The lowest BCUT2D eigenvalue weighted by molar-refractivity contribution is 0.0698. The highest BCUT2D eigenvalue weighted by atomic mass is 16.4. The molecule has 0 unspecified atom stereocenters. The Hall–Kier alpha value is -1.79. The van der Waals surface area contributed by atoms with Gasteiger partial charge in [-0.1, -0.05) is 0 Å². The predicted octanol–water partition coefficient (Wildman–Crippen LogP) is 0.390. The molecule has 6 heteroatoms. The van der Waals surface area contributed by atoms with Crippen molar-refractivity contribution in [2.75, 3.05) is 50.0 Å². The quantitative estimate of drug-likeness (QED) is 0.691. The van der Waals surface area contributed by atoms with Crippen LogP contribution >= 0.6 is 0 Å². The van der Waals surface area contributed by atoms with Crippen LogP contribution in [-0.2, 0) is 0 Å². The fourth-order valence-electron chi connectivity index (χ4n) is 2.51. The topological polar surface area (TPSA) is 90.0 Å². The Balaban J connectivity index is 2.16. The number of carboxylic acid groups (broad SMARTS) is 1. The second-order valence-corrected chi connectivity index (χ2v) is 5.08. The van der Waals surface area contributed by atoms with Gasteiger partial charge in [-0.05, 0) is 24.6 Å². The first-order chi connectivity index (χ1) is 9.52. The minimum Gasteiger partial charge on any atom is -0.478 e. The van der Waals surface area contributed by atoms with Crippen molar-refractivity contribution in [2.24, 2.45) is 0 Å². The maximum absolute atomic E-state index is 11.2. The summed E-state index contributed by atoms with van der Waals surface area (Å²) in [6.07, 6.45) is 0. The molecular formula is C14H21N3O3. The van der Waals surface area contributed by atoms with Crippen LogP contribution in [0.25, 0.3) is 0 Å². The first kappa shape index (κ1) is 14.6. The van der Waals surface area contributed by atoms with Gasteiger partial charge >= 0.3 is 5.97 Å². The number of carbonyl (C=O) groups is 1. The number of nitrogens with two attached hydrogens (primary N) is 1. The number of aliphatic hydroxyl groups is 1. The molecule has 0 saturated carbocycles. The second-order valence-electron chi connectivity index (χ2n) is 5.08. The molecule has 4 N–H and O–H groups in total. The molecule has 0 aromatic heterocycles. The Morgan fingerprint density at radius 2 is 1.95 bits per heavy atom. The van der Waals surface area contributed by atoms with Crippen LogP contribution in [0.1, 0.15) is 15.9 Å². The molecule has 2 rings (SSSR count). The van der Waals surface area contributed by atoms with Crippen molar-refractivity contribution in [3.63, 3.8) is 0 Å². The lowest BCUT2D eigenvalue weighted by Crippen LogP contribution is -2.47. The molecule has 1 heterocycles. The molecule has 1 aliphatic rings. The first-order valence-corrected chi connectivity index (χ1v) is 6.74. The first-order valence-electron chi connectivity index (χ1n) is 6.74. The number of hydrogen-bond acceptors (Lipinski definition) is 5. The normalized spacial score (nSPS) is 16.4. The smallest absolute Gasteiger partial charge is 0.337 e. The van der Waals surface area contributed by atoms with E-state index in [1.165, 1.54) is 0 Å². The van der Waals surface area contributed by atoms with Gasteiger partial charge in [0.2, 0.25) is 0 Å². The summed E-state index contributed by atoms with van der Waals surface area (Å²) in [5, 5.41) is 18.1. The van der Waals surface area contributed by atoms with Crippen LogP contribution in [0.3, 0.4) is 0 Å². The Labute approximate surface area is 118 Å². The van der Waals surface area contributed by atoms with Crippen molar-refractivity contribution in [1.29, 1.82) is 0 Å². The van der Waals surface area contributed by atoms with E-state index in [9.17, 15) is 9.90 Å². The number of rotatable bonds is 4. The van der Waals surface area contributed by atoms with E-state index in [1.807, 2.05) is 13.0 Å². The summed E-state index contributed by atoms with van der Waals surface area (Å²) in [6, 6.07) is 3.58. The number of aliphatic hydroxyl groups excluding tert-OH is 1. The van der Waals surface area contributed by atoms with Crippen molar-refractivity contribution in [3.8, 4) is 0 Å². The van der Waals surface area contributed by atoms with Crippen molar-refractivity contribution in [1.82, 2.24) is 4.90 Å². The number of carboxylic acids is 1. The minimum absolute atomic E-state index is 0.165. The van der Waals surface area contributed by atoms with E-state index in [4.69, 9.17) is 10.8 Å². The molecule has 0 atom stereocenters. The maximum atomic E-state index is 11.2. The van der Waals surface area contributed by atoms with Gasteiger partial charge in [0.05, 0.1) is 12.2 Å². The molecule has 1 saturated heterocycles. The number of nitrogens with zero attached hydrogens (tertiary/aromatic N) is 2. The molecule has 1 aliphatic heterocycles. The Morgan fingerprint density at radius 1 is 1.30 bits per heavy atom. The van der Waals surface area contributed by atoms with Gasteiger partial charge in [0.25, 0.3) is 0 Å². The number of anilines is 2. The zero-order valence-corrected chi connectivity index (χ0v) is 11.7. The zero-order valence-electron chi connectivity index (χ0n) is 11.7. The molecule has 110 valence electrons. The third-order valence-electron chi connectivity index (χ3n) is 3.76. The van der Waals surface area contributed by atoms with Crippen molar-refractivity contribution in [2.45, 2.75) is 6.92 Å². The van der Waals surface area contributed by atoms with Gasteiger partial charge in [0.1, 0.15) is 0 Å². The number of hydrogen-bond donors (Lipinski definition) is 3. The van der Waals surface area contributed by atoms with Crippen molar-refractivity contribution >= 4 is 17.3 Å². The molecule has 0 amide bonds. The van der Waals surface area contributed by atoms with Gasteiger partial charge in [-0.25, -0.2) is 4.79 Å². The van der Waals surface area contributed by atoms with E-state index >= 15 is 0 Å². The molecule has 0 bridgehead atoms. The van der Waals surface area contributed by atoms with Crippen LogP contribution in [0, 0.1) is 6.92 Å². The molecule has 0 aliphatic carbocycles.